The SMILES string of the molecule is CCOc1ncccc1CNC(=O)c1cc(C)n(-c2ccc3c(c2)OCCO3)c1C. The van der Waals surface area contributed by atoms with Gasteiger partial charge in [0.05, 0.1) is 12.2 Å². The lowest BCUT2D eigenvalue weighted by molar-refractivity contribution is 0.0950. The topological polar surface area (TPSA) is 74.6 Å². The molecule has 0 unspecified atom stereocenters. The summed E-state index contributed by atoms with van der Waals surface area (Å²) in [6, 6.07) is 11.4. The number of rotatable bonds is 6. The first-order valence-electron chi connectivity index (χ1n) is 10.0. The average molecular weight is 407 g/mol. The Hall–Kier alpha value is -3.48. The van der Waals surface area contributed by atoms with Gasteiger partial charge in [0.15, 0.2) is 11.5 Å². The van der Waals surface area contributed by atoms with Crippen LogP contribution in [0.1, 0.15) is 34.2 Å². The van der Waals surface area contributed by atoms with Crippen molar-refractivity contribution in [2.75, 3.05) is 19.8 Å². The number of ether oxygens (including phenoxy) is 3. The van der Waals surface area contributed by atoms with Crippen LogP contribution in [0.2, 0.25) is 0 Å². The van der Waals surface area contributed by atoms with Crippen LogP contribution < -0.4 is 19.5 Å². The zero-order valence-corrected chi connectivity index (χ0v) is 17.4. The lowest BCUT2D eigenvalue weighted by atomic mass is 10.2. The van der Waals surface area contributed by atoms with E-state index in [-0.39, 0.29) is 5.91 Å². The summed E-state index contributed by atoms with van der Waals surface area (Å²) in [5, 5.41) is 2.98. The molecule has 4 rings (SSSR count). The number of nitrogens with zero attached hydrogens (tertiary/aromatic N) is 2. The molecule has 1 aliphatic rings. The number of nitrogens with one attached hydrogen (secondary N) is 1. The van der Waals surface area contributed by atoms with E-state index in [1.807, 2.05) is 61.7 Å². The van der Waals surface area contributed by atoms with E-state index in [1.165, 1.54) is 0 Å². The Morgan fingerprint density at radius 2 is 1.97 bits per heavy atom. The summed E-state index contributed by atoms with van der Waals surface area (Å²) in [6.07, 6.45) is 1.68. The van der Waals surface area contributed by atoms with Crippen LogP contribution in [-0.4, -0.2) is 35.3 Å². The fourth-order valence-electron chi connectivity index (χ4n) is 3.66. The van der Waals surface area contributed by atoms with Gasteiger partial charge in [0, 0.05) is 41.4 Å². The zero-order chi connectivity index (χ0) is 21.1. The summed E-state index contributed by atoms with van der Waals surface area (Å²) in [4.78, 5) is 17.1. The van der Waals surface area contributed by atoms with E-state index in [9.17, 15) is 4.79 Å². The Morgan fingerprint density at radius 3 is 2.77 bits per heavy atom. The van der Waals surface area contributed by atoms with Crippen LogP contribution in [0.4, 0.5) is 0 Å². The second kappa shape index (κ2) is 8.49. The Balaban J connectivity index is 1.56. The molecule has 7 nitrogen and oxygen atoms in total. The van der Waals surface area contributed by atoms with Gasteiger partial charge in [-0.1, -0.05) is 6.07 Å². The maximum atomic E-state index is 12.9. The quantitative estimate of drug-likeness (QED) is 0.676. The van der Waals surface area contributed by atoms with Crippen molar-refractivity contribution in [2.24, 2.45) is 0 Å². The fraction of sp³-hybridized carbons (Fsp3) is 0.304. The number of amides is 1. The summed E-state index contributed by atoms with van der Waals surface area (Å²) >= 11 is 0. The van der Waals surface area contributed by atoms with Crippen LogP contribution in [0, 0.1) is 13.8 Å². The number of hydrogen-bond acceptors (Lipinski definition) is 5. The number of aryl methyl sites for hydroxylation is 1. The number of carbonyl (C=O) groups is 1. The van der Waals surface area contributed by atoms with Crippen LogP contribution in [-0.2, 0) is 6.54 Å². The van der Waals surface area contributed by atoms with Gasteiger partial charge in [-0.15, -0.1) is 0 Å². The third kappa shape index (κ3) is 3.83. The van der Waals surface area contributed by atoms with Gasteiger partial charge >= 0.3 is 0 Å². The lowest BCUT2D eigenvalue weighted by Crippen LogP contribution is -2.23. The minimum atomic E-state index is -0.141. The van der Waals surface area contributed by atoms with Gasteiger partial charge in [0.2, 0.25) is 5.88 Å². The van der Waals surface area contributed by atoms with Crippen molar-refractivity contribution in [1.82, 2.24) is 14.9 Å². The molecule has 1 N–H and O–H groups in total. The highest BCUT2D eigenvalue weighted by Gasteiger charge is 2.19. The van der Waals surface area contributed by atoms with Gasteiger partial charge in [-0.3, -0.25) is 4.79 Å². The first kappa shape index (κ1) is 19.8. The van der Waals surface area contributed by atoms with Crippen molar-refractivity contribution in [1.29, 1.82) is 0 Å². The lowest BCUT2D eigenvalue weighted by Gasteiger charge is -2.20. The molecule has 1 aliphatic heterocycles. The van der Waals surface area contributed by atoms with E-state index in [1.54, 1.807) is 6.20 Å². The van der Waals surface area contributed by atoms with E-state index in [0.29, 0.717) is 37.8 Å². The van der Waals surface area contributed by atoms with Gasteiger partial charge in [-0.25, -0.2) is 4.98 Å². The predicted molar refractivity (Wildman–Crippen MR) is 113 cm³/mol. The van der Waals surface area contributed by atoms with Crippen LogP contribution in [0.5, 0.6) is 17.4 Å². The Labute approximate surface area is 175 Å². The number of carbonyl (C=O) groups excluding carboxylic acids is 1. The third-order valence-electron chi connectivity index (χ3n) is 5.03. The summed E-state index contributed by atoms with van der Waals surface area (Å²) in [5.41, 5.74) is 4.22. The summed E-state index contributed by atoms with van der Waals surface area (Å²) < 4.78 is 18.9. The van der Waals surface area contributed by atoms with E-state index >= 15 is 0 Å². The monoisotopic (exact) mass is 407 g/mol. The van der Waals surface area contributed by atoms with Crippen molar-refractivity contribution in [2.45, 2.75) is 27.3 Å². The first-order chi connectivity index (χ1) is 14.6. The summed E-state index contributed by atoms with van der Waals surface area (Å²) in [7, 11) is 0. The maximum absolute atomic E-state index is 12.9. The second-order valence-corrected chi connectivity index (χ2v) is 7.03. The van der Waals surface area contributed by atoms with Crippen molar-refractivity contribution in [3.8, 4) is 23.1 Å². The highest BCUT2D eigenvalue weighted by molar-refractivity contribution is 5.96. The molecule has 0 spiro atoms. The molecular weight excluding hydrogens is 382 g/mol. The smallest absolute Gasteiger partial charge is 0.253 e. The molecule has 0 bridgehead atoms. The van der Waals surface area contributed by atoms with Crippen LogP contribution in [0.3, 0.4) is 0 Å². The normalized spacial score (nSPS) is 12.5. The molecular formula is C23H25N3O4. The van der Waals surface area contributed by atoms with Gasteiger partial charge in [-0.05, 0) is 45.0 Å². The van der Waals surface area contributed by atoms with Crippen LogP contribution >= 0.6 is 0 Å². The van der Waals surface area contributed by atoms with E-state index in [2.05, 4.69) is 10.3 Å². The van der Waals surface area contributed by atoms with Gasteiger partial charge in [-0.2, -0.15) is 0 Å². The highest BCUT2D eigenvalue weighted by Crippen LogP contribution is 2.33. The molecule has 2 aromatic heterocycles. The number of benzene rings is 1. The molecule has 1 amide bonds. The van der Waals surface area contributed by atoms with Crippen molar-refractivity contribution in [3.63, 3.8) is 0 Å². The molecule has 0 radical (unpaired) electrons. The Kier molecular flexibility index (Phi) is 5.61. The van der Waals surface area contributed by atoms with E-state index in [4.69, 9.17) is 14.2 Å². The number of fused-ring (bicyclic) bond motifs is 1. The highest BCUT2D eigenvalue weighted by atomic mass is 16.6. The van der Waals surface area contributed by atoms with Gasteiger partial charge in [0.1, 0.15) is 13.2 Å². The summed E-state index contributed by atoms with van der Waals surface area (Å²) in [5.74, 6) is 1.87. The molecule has 0 atom stereocenters. The zero-order valence-electron chi connectivity index (χ0n) is 17.4. The molecule has 0 fully saturated rings. The molecule has 0 aliphatic carbocycles. The largest absolute Gasteiger partial charge is 0.486 e. The minimum Gasteiger partial charge on any atom is -0.486 e. The molecule has 0 saturated heterocycles. The van der Waals surface area contributed by atoms with Crippen LogP contribution in [0.15, 0.2) is 42.6 Å². The number of pyridine rings is 1. The third-order valence-corrected chi connectivity index (χ3v) is 5.03. The fourth-order valence-corrected chi connectivity index (χ4v) is 3.66. The number of hydrogen-bond donors (Lipinski definition) is 1. The van der Waals surface area contributed by atoms with Crippen molar-refractivity contribution < 1.29 is 19.0 Å². The van der Waals surface area contributed by atoms with Gasteiger partial charge < -0.3 is 24.1 Å². The first-order valence-corrected chi connectivity index (χ1v) is 10.0. The van der Waals surface area contributed by atoms with Crippen molar-refractivity contribution >= 4 is 5.91 Å². The van der Waals surface area contributed by atoms with E-state index in [0.717, 1.165) is 34.1 Å². The minimum absolute atomic E-state index is 0.141. The Bertz CT molecular complexity index is 1070. The summed E-state index contributed by atoms with van der Waals surface area (Å²) in [6.45, 7) is 7.78. The molecule has 7 heteroatoms. The second-order valence-electron chi connectivity index (χ2n) is 7.03. The molecule has 3 heterocycles. The molecule has 156 valence electrons. The predicted octanol–water partition coefficient (Wildman–Crippen LogP) is 3.59. The molecule has 0 saturated carbocycles. The Morgan fingerprint density at radius 1 is 1.17 bits per heavy atom. The van der Waals surface area contributed by atoms with Crippen LogP contribution in [0.25, 0.3) is 5.69 Å². The molecule has 30 heavy (non-hydrogen) atoms. The van der Waals surface area contributed by atoms with Crippen molar-refractivity contribution in [3.05, 3.63) is 65.1 Å². The van der Waals surface area contributed by atoms with Gasteiger partial charge in [0.25, 0.3) is 5.91 Å². The standard InChI is InChI=1S/C23H25N3O4/c1-4-28-23-17(6-5-9-24-23)14-25-22(27)19-12-15(2)26(16(19)3)18-7-8-20-21(13-18)30-11-10-29-20/h5-9,12-13H,4,10-11,14H2,1-3H3,(H,25,27). The number of aromatic nitrogens is 2. The molecule has 1 aromatic carbocycles. The maximum Gasteiger partial charge on any atom is 0.253 e. The average Bonchev–Trinajstić information content (AvgIpc) is 3.06. The van der Waals surface area contributed by atoms with E-state index < -0.39 is 0 Å². The molecule has 3 aromatic rings.